The first kappa shape index (κ1) is 16.8. The van der Waals surface area contributed by atoms with E-state index in [2.05, 4.69) is 0 Å². The third-order valence-corrected chi connectivity index (χ3v) is 5.29. The van der Waals surface area contributed by atoms with Crippen LogP contribution in [0.25, 0.3) is 0 Å². The van der Waals surface area contributed by atoms with Gasteiger partial charge in [0.15, 0.2) is 18.4 Å². The molecule has 9 nitrogen and oxygen atoms in total. The minimum absolute atomic E-state index is 0.661. The van der Waals surface area contributed by atoms with Crippen LogP contribution in [0.2, 0.25) is 0 Å². The summed E-state index contributed by atoms with van der Waals surface area (Å²) < 4.78 is 11.9. The van der Waals surface area contributed by atoms with E-state index in [1.807, 2.05) is 0 Å². The van der Waals surface area contributed by atoms with E-state index in [0.717, 1.165) is 0 Å². The molecule has 8 N–H and O–H groups in total. The van der Waals surface area contributed by atoms with E-state index in [-0.39, 0.29) is 0 Å². The number of aliphatic hydroxyl groups is 8. The first-order chi connectivity index (χ1) is 8.67. The van der Waals surface area contributed by atoms with Gasteiger partial charge in [0.1, 0.15) is 24.4 Å². The summed E-state index contributed by atoms with van der Waals surface area (Å²) in [5, 5.41) is 72.5. The van der Waals surface area contributed by atoms with Gasteiger partial charge in [-0.15, -0.1) is 0 Å². The average molecular weight is 301 g/mol. The van der Waals surface area contributed by atoms with Crippen molar-refractivity contribution in [3.8, 4) is 0 Å². The standard InChI is InChI=1S/C9H18O9P/c10-1-3(11)2-19(18)9(17)7(15)5(13)4(12)6(14)8(9)16/h3-8,10-17H,1-2H2/q+1/t3?,4?,5-,6+,7-,8-,9?/m0/s1. The van der Waals surface area contributed by atoms with Crippen molar-refractivity contribution in [2.45, 2.75) is 42.0 Å². The highest BCUT2D eigenvalue weighted by molar-refractivity contribution is 7.46. The highest BCUT2D eigenvalue weighted by atomic mass is 31.1. The fraction of sp³-hybridized carbons (Fsp3) is 1.00. The first-order valence-corrected chi connectivity index (χ1v) is 6.98. The molecule has 4 unspecified atom stereocenters. The van der Waals surface area contributed by atoms with E-state index in [1.54, 1.807) is 0 Å². The maximum Gasteiger partial charge on any atom is 0.382 e. The van der Waals surface area contributed by atoms with Crippen molar-refractivity contribution >= 4 is 7.80 Å². The number of rotatable bonds is 4. The average Bonchev–Trinajstić information content (AvgIpc) is 2.40. The maximum absolute atomic E-state index is 11.9. The fourth-order valence-corrected chi connectivity index (χ4v) is 3.63. The van der Waals surface area contributed by atoms with Crippen LogP contribution in [-0.4, -0.2) is 95.6 Å². The van der Waals surface area contributed by atoms with Crippen molar-refractivity contribution in [3.05, 3.63) is 0 Å². The van der Waals surface area contributed by atoms with Crippen LogP contribution in [0.5, 0.6) is 0 Å². The third-order valence-electron chi connectivity index (χ3n) is 3.20. The number of hydrogen-bond donors (Lipinski definition) is 8. The molecule has 0 aromatic heterocycles. The van der Waals surface area contributed by atoms with Crippen LogP contribution in [0, 0.1) is 0 Å². The van der Waals surface area contributed by atoms with Gasteiger partial charge in [-0.3, -0.25) is 0 Å². The number of hydrogen-bond acceptors (Lipinski definition) is 9. The second-order valence-electron chi connectivity index (χ2n) is 4.54. The molecule has 112 valence electrons. The predicted octanol–water partition coefficient (Wildman–Crippen LogP) is -4.33. The molecule has 1 aliphatic rings. The van der Waals surface area contributed by atoms with E-state index in [1.165, 1.54) is 0 Å². The van der Waals surface area contributed by atoms with Gasteiger partial charge in [-0.05, 0) is 0 Å². The molecule has 1 saturated carbocycles. The Morgan fingerprint density at radius 2 is 1.42 bits per heavy atom. The van der Waals surface area contributed by atoms with Crippen molar-refractivity contribution in [1.82, 2.24) is 0 Å². The van der Waals surface area contributed by atoms with Crippen LogP contribution in [0.4, 0.5) is 0 Å². The molecular formula is C9H18O9P+. The molecule has 0 aromatic rings. The summed E-state index contributed by atoms with van der Waals surface area (Å²) in [6, 6.07) is 0. The highest BCUT2D eigenvalue weighted by Gasteiger charge is 2.68. The molecule has 0 spiro atoms. The Morgan fingerprint density at radius 1 is 1.00 bits per heavy atom. The molecule has 8 atom stereocenters. The Bertz CT molecular complexity index is 322. The molecule has 0 saturated heterocycles. The van der Waals surface area contributed by atoms with Crippen LogP contribution in [-0.2, 0) is 4.57 Å². The summed E-state index contributed by atoms with van der Waals surface area (Å²) in [6.07, 6.45) is -12.5. The van der Waals surface area contributed by atoms with Crippen molar-refractivity contribution in [2.75, 3.05) is 12.8 Å². The Hall–Kier alpha value is -0.220. The molecule has 1 fully saturated rings. The van der Waals surface area contributed by atoms with Crippen molar-refractivity contribution in [3.63, 3.8) is 0 Å². The molecule has 0 bridgehead atoms. The quantitative estimate of drug-likeness (QED) is 0.238. The summed E-state index contributed by atoms with van der Waals surface area (Å²) in [5.41, 5.74) is 0. The van der Waals surface area contributed by atoms with E-state index >= 15 is 0 Å². The molecule has 0 aliphatic heterocycles. The summed E-state index contributed by atoms with van der Waals surface area (Å²) in [5.74, 6) is 0. The van der Waals surface area contributed by atoms with Crippen LogP contribution < -0.4 is 0 Å². The van der Waals surface area contributed by atoms with Crippen molar-refractivity contribution in [1.29, 1.82) is 0 Å². The van der Waals surface area contributed by atoms with Crippen LogP contribution in [0.3, 0.4) is 0 Å². The second kappa shape index (κ2) is 6.04. The van der Waals surface area contributed by atoms with E-state index < -0.39 is 62.5 Å². The van der Waals surface area contributed by atoms with Crippen LogP contribution >= 0.6 is 7.80 Å². The first-order valence-electron chi connectivity index (χ1n) is 5.54. The van der Waals surface area contributed by atoms with Crippen molar-refractivity contribution < 1.29 is 45.4 Å². The largest absolute Gasteiger partial charge is 0.394 e. The van der Waals surface area contributed by atoms with Gasteiger partial charge in [-0.1, -0.05) is 4.57 Å². The molecule has 0 amide bonds. The highest BCUT2D eigenvalue weighted by Crippen LogP contribution is 2.47. The molecule has 1 rings (SSSR count). The van der Waals surface area contributed by atoms with Gasteiger partial charge in [0, 0.05) is 0 Å². The molecule has 0 radical (unpaired) electrons. The monoisotopic (exact) mass is 301 g/mol. The third kappa shape index (κ3) is 2.80. The smallest absolute Gasteiger partial charge is 0.382 e. The Balaban J connectivity index is 3.02. The Kier molecular flexibility index (Phi) is 5.35. The van der Waals surface area contributed by atoms with Gasteiger partial charge in [-0.25, -0.2) is 0 Å². The van der Waals surface area contributed by atoms with E-state index in [4.69, 9.17) is 10.2 Å². The fourth-order valence-electron chi connectivity index (χ4n) is 1.94. The minimum atomic E-state index is -2.91. The summed E-state index contributed by atoms with van der Waals surface area (Å²) >= 11 is 0. The molecule has 19 heavy (non-hydrogen) atoms. The van der Waals surface area contributed by atoms with Gasteiger partial charge in [0.05, 0.1) is 6.61 Å². The molecule has 0 aromatic carbocycles. The zero-order chi connectivity index (χ0) is 15.0. The lowest BCUT2D eigenvalue weighted by Gasteiger charge is -2.41. The SMILES string of the molecule is O=[P+](CC(O)CO)C1(O)[C@@H](O)[C@H](O)C(O)[C@H](O)[C@@H]1O. The van der Waals surface area contributed by atoms with Gasteiger partial charge >= 0.3 is 13.1 Å². The molecule has 10 heteroatoms. The van der Waals surface area contributed by atoms with Gasteiger partial charge < -0.3 is 40.9 Å². The van der Waals surface area contributed by atoms with Gasteiger partial charge in [0.25, 0.3) is 0 Å². The lowest BCUT2D eigenvalue weighted by molar-refractivity contribution is -0.238. The lowest BCUT2D eigenvalue weighted by Crippen LogP contribution is -2.69. The predicted molar refractivity (Wildman–Crippen MR) is 60.5 cm³/mol. The Morgan fingerprint density at radius 3 is 1.79 bits per heavy atom. The normalized spacial score (nSPS) is 45.9. The summed E-state index contributed by atoms with van der Waals surface area (Å²) in [7, 11) is -2.91. The minimum Gasteiger partial charge on any atom is -0.394 e. The van der Waals surface area contributed by atoms with Crippen molar-refractivity contribution in [2.24, 2.45) is 0 Å². The van der Waals surface area contributed by atoms with Crippen LogP contribution in [0.15, 0.2) is 0 Å². The van der Waals surface area contributed by atoms with Gasteiger partial charge in [0.2, 0.25) is 0 Å². The maximum atomic E-state index is 11.9. The number of aliphatic hydroxyl groups excluding tert-OH is 7. The Labute approximate surface area is 109 Å². The second-order valence-corrected chi connectivity index (χ2v) is 6.38. The zero-order valence-corrected chi connectivity index (χ0v) is 10.7. The molecule has 0 heterocycles. The van der Waals surface area contributed by atoms with E-state index in [0.29, 0.717) is 0 Å². The summed E-state index contributed by atoms with van der Waals surface area (Å²) in [6.45, 7) is -0.753. The van der Waals surface area contributed by atoms with E-state index in [9.17, 15) is 35.2 Å². The zero-order valence-electron chi connectivity index (χ0n) is 9.81. The van der Waals surface area contributed by atoms with Gasteiger partial charge in [-0.2, -0.15) is 0 Å². The lowest BCUT2D eigenvalue weighted by atomic mass is 9.84. The molecule has 1 aliphatic carbocycles. The van der Waals surface area contributed by atoms with Crippen LogP contribution in [0.1, 0.15) is 0 Å². The molecular weight excluding hydrogens is 283 g/mol. The topological polar surface area (TPSA) is 179 Å². The summed E-state index contributed by atoms with van der Waals surface area (Å²) in [4.78, 5) is 0.